The number of carbonyl (C=O) groups is 3. The molecule has 0 bridgehead atoms. The van der Waals surface area contributed by atoms with E-state index in [9.17, 15) is 18.8 Å². The molecule has 0 saturated carbocycles. The zero-order valence-electron chi connectivity index (χ0n) is 15.2. The van der Waals surface area contributed by atoms with E-state index < -0.39 is 23.4 Å². The van der Waals surface area contributed by atoms with Gasteiger partial charge in [0.2, 0.25) is 5.91 Å². The summed E-state index contributed by atoms with van der Waals surface area (Å²) in [7, 11) is 0. The fourth-order valence-electron chi connectivity index (χ4n) is 3.03. The highest BCUT2D eigenvalue weighted by atomic mass is 79.9. The molecule has 0 radical (unpaired) electrons. The molecule has 1 saturated heterocycles. The second-order valence-corrected chi connectivity index (χ2v) is 7.60. The number of nitrogens with zero attached hydrogens (tertiary/aromatic N) is 1. The van der Waals surface area contributed by atoms with E-state index in [1.807, 2.05) is 6.07 Å². The molecule has 0 aromatic heterocycles. The first-order valence-electron chi connectivity index (χ1n) is 8.71. The molecule has 1 unspecified atom stereocenters. The Labute approximate surface area is 170 Å². The Bertz CT molecular complexity index is 919. The highest BCUT2D eigenvalue weighted by Crippen LogP contribution is 2.30. The number of urea groups is 1. The Balaban J connectivity index is 1.59. The van der Waals surface area contributed by atoms with Gasteiger partial charge in [0.1, 0.15) is 17.9 Å². The second kappa shape index (κ2) is 8.10. The van der Waals surface area contributed by atoms with E-state index in [1.165, 1.54) is 12.1 Å². The number of carbonyl (C=O) groups excluding carboxylic acids is 3. The third-order valence-corrected chi connectivity index (χ3v) is 5.12. The van der Waals surface area contributed by atoms with Crippen LogP contribution < -0.4 is 10.6 Å². The number of imide groups is 1. The number of rotatable bonds is 6. The van der Waals surface area contributed by atoms with Gasteiger partial charge in [0.25, 0.3) is 5.91 Å². The van der Waals surface area contributed by atoms with E-state index in [4.69, 9.17) is 0 Å². The van der Waals surface area contributed by atoms with Crippen molar-refractivity contribution >= 4 is 33.8 Å². The van der Waals surface area contributed by atoms with E-state index >= 15 is 0 Å². The lowest BCUT2D eigenvalue weighted by Gasteiger charge is -2.22. The van der Waals surface area contributed by atoms with Gasteiger partial charge < -0.3 is 10.6 Å². The molecule has 8 heteroatoms. The van der Waals surface area contributed by atoms with Crippen molar-refractivity contribution in [1.82, 2.24) is 15.5 Å². The zero-order chi connectivity index (χ0) is 20.3. The Kier molecular flexibility index (Phi) is 5.79. The van der Waals surface area contributed by atoms with Crippen LogP contribution in [0, 0.1) is 5.82 Å². The minimum absolute atomic E-state index is 0.316. The van der Waals surface area contributed by atoms with Gasteiger partial charge in [0.05, 0.1) is 0 Å². The first kappa shape index (κ1) is 20.0. The maximum Gasteiger partial charge on any atom is 0.325 e. The highest BCUT2D eigenvalue weighted by Gasteiger charge is 2.49. The minimum Gasteiger partial charge on any atom is -0.354 e. The van der Waals surface area contributed by atoms with Crippen molar-refractivity contribution in [3.05, 3.63) is 69.9 Å². The van der Waals surface area contributed by atoms with Crippen LogP contribution in [0.15, 0.2) is 53.0 Å². The van der Waals surface area contributed by atoms with Crippen molar-refractivity contribution < 1.29 is 18.8 Å². The summed E-state index contributed by atoms with van der Waals surface area (Å²) < 4.78 is 13.7. The lowest BCUT2D eigenvalue weighted by molar-refractivity contribution is -0.134. The van der Waals surface area contributed by atoms with Gasteiger partial charge in [-0.1, -0.05) is 40.2 Å². The van der Waals surface area contributed by atoms with Crippen molar-refractivity contribution in [3.63, 3.8) is 0 Å². The molecule has 146 valence electrons. The van der Waals surface area contributed by atoms with Crippen LogP contribution in [-0.4, -0.2) is 35.8 Å². The standard InChI is InChI=1S/C20H19BrFN3O3/c1-20(14-3-2-4-15(21)11-14)18(27)25(19(28)24-20)12-17(26)23-10-9-13-5-7-16(22)8-6-13/h2-8,11H,9-10,12H2,1H3,(H,23,26)(H,24,28). The van der Waals surface area contributed by atoms with Crippen LogP contribution in [-0.2, 0) is 21.5 Å². The topological polar surface area (TPSA) is 78.5 Å². The summed E-state index contributed by atoms with van der Waals surface area (Å²) in [4.78, 5) is 38.2. The molecular formula is C20H19BrFN3O3. The van der Waals surface area contributed by atoms with Gasteiger partial charge in [0.15, 0.2) is 0 Å². The summed E-state index contributed by atoms with van der Waals surface area (Å²) in [5, 5.41) is 5.34. The minimum atomic E-state index is -1.23. The summed E-state index contributed by atoms with van der Waals surface area (Å²) >= 11 is 3.35. The molecule has 1 fully saturated rings. The first-order chi connectivity index (χ1) is 13.3. The molecule has 1 heterocycles. The predicted molar refractivity (Wildman–Crippen MR) is 105 cm³/mol. The maximum absolute atomic E-state index is 12.9. The monoisotopic (exact) mass is 447 g/mol. The number of nitrogens with one attached hydrogen (secondary N) is 2. The maximum atomic E-state index is 12.9. The van der Waals surface area contributed by atoms with E-state index in [0.29, 0.717) is 18.5 Å². The zero-order valence-corrected chi connectivity index (χ0v) is 16.8. The predicted octanol–water partition coefficient (Wildman–Crippen LogP) is 2.71. The molecule has 1 atom stereocenters. The molecule has 2 aromatic rings. The normalized spacial score (nSPS) is 18.9. The molecule has 3 rings (SSSR count). The molecule has 6 nitrogen and oxygen atoms in total. The molecule has 1 aliphatic rings. The molecule has 0 spiro atoms. The smallest absolute Gasteiger partial charge is 0.325 e. The molecular weight excluding hydrogens is 429 g/mol. The van der Waals surface area contributed by atoms with Crippen LogP contribution in [0.5, 0.6) is 0 Å². The summed E-state index contributed by atoms with van der Waals surface area (Å²) in [6, 6.07) is 12.5. The Morgan fingerprint density at radius 2 is 1.93 bits per heavy atom. The van der Waals surface area contributed by atoms with Gasteiger partial charge in [0, 0.05) is 11.0 Å². The van der Waals surface area contributed by atoms with Crippen LogP contribution in [0.1, 0.15) is 18.1 Å². The van der Waals surface area contributed by atoms with Crippen molar-refractivity contribution in [2.75, 3.05) is 13.1 Å². The fourth-order valence-corrected chi connectivity index (χ4v) is 3.43. The number of hydrogen-bond acceptors (Lipinski definition) is 3. The van der Waals surface area contributed by atoms with Gasteiger partial charge in [-0.15, -0.1) is 0 Å². The van der Waals surface area contributed by atoms with E-state index in [2.05, 4.69) is 26.6 Å². The molecule has 1 aliphatic heterocycles. The van der Waals surface area contributed by atoms with Crippen LogP contribution in [0.2, 0.25) is 0 Å². The van der Waals surface area contributed by atoms with E-state index in [-0.39, 0.29) is 12.4 Å². The Morgan fingerprint density at radius 1 is 1.21 bits per heavy atom. The Hall–Kier alpha value is -2.74. The van der Waals surface area contributed by atoms with Crippen molar-refractivity contribution in [2.45, 2.75) is 18.9 Å². The molecule has 4 amide bonds. The van der Waals surface area contributed by atoms with Crippen molar-refractivity contribution in [1.29, 1.82) is 0 Å². The number of hydrogen-bond donors (Lipinski definition) is 2. The molecule has 2 N–H and O–H groups in total. The van der Waals surface area contributed by atoms with Gasteiger partial charge in [-0.05, 0) is 48.7 Å². The van der Waals surface area contributed by atoms with Crippen LogP contribution >= 0.6 is 15.9 Å². The number of benzene rings is 2. The largest absolute Gasteiger partial charge is 0.354 e. The highest BCUT2D eigenvalue weighted by molar-refractivity contribution is 9.10. The lowest BCUT2D eigenvalue weighted by atomic mass is 9.92. The quantitative estimate of drug-likeness (QED) is 0.668. The average Bonchev–Trinajstić information content (AvgIpc) is 2.87. The molecule has 2 aromatic carbocycles. The Morgan fingerprint density at radius 3 is 2.61 bits per heavy atom. The van der Waals surface area contributed by atoms with E-state index in [1.54, 1.807) is 37.3 Å². The molecule has 28 heavy (non-hydrogen) atoms. The van der Waals surface area contributed by atoms with Gasteiger partial charge >= 0.3 is 6.03 Å². The SMILES string of the molecule is CC1(c2cccc(Br)c2)NC(=O)N(CC(=O)NCCc2ccc(F)cc2)C1=O. The van der Waals surface area contributed by atoms with E-state index in [0.717, 1.165) is 14.9 Å². The third-order valence-electron chi connectivity index (χ3n) is 4.63. The molecule has 0 aliphatic carbocycles. The number of amides is 4. The number of halogens is 2. The second-order valence-electron chi connectivity index (χ2n) is 6.68. The fraction of sp³-hybridized carbons (Fsp3) is 0.250. The van der Waals surface area contributed by atoms with Crippen LogP contribution in [0.4, 0.5) is 9.18 Å². The van der Waals surface area contributed by atoms with Gasteiger partial charge in [-0.3, -0.25) is 14.5 Å². The average molecular weight is 448 g/mol. The summed E-state index contributed by atoms with van der Waals surface area (Å²) in [5.41, 5.74) is 0.272. The van der Waals surface area contributed by atoms with Crippen molar-refractivity contribution in [2.24, 2.45) is 0 Å². The third kappa shape index (κ3) is 4.22. The van der Waals surface area contributed by atoms with Gasteiger partial charge in [-0.25, -0.2) is 9.18 Å². The summed E-state index contributed by atoms with van der Waals surface area (Å²) in [6.45, 7) is 1.57. The van der Waals surface area contributed by atoms with Crippen LogP contribution in [0.25, 0.3) is 0 Å². The van der Waals surface area contributed by atoms with Crippen molar-refractivity contribution in [3.8, 4) is 0 Å². The summed E-state index contributed by atoms with van der Waals surface area (Å²) in [6.07, 6.45) is 0.516. The van der Waals surface area contributed by atoms with Gasteiger partial charge in [-0.2, -0.15) is 0 Å². The van der Waals surface area contributed by atoms with Crippen LogP contribution in [0.3, 0.4) is 0 Å². The summed E-state index contributed by atoms with van der Waals surface area (Å²) in [5.74, 6) is -1.24. The lowest BCUT2D eigenvalue weighted by Crippen LogP contribution is -2.43. The first-order valence-corrected chi connectivity index (χ1v) is 9.50.